The number of ether oxygens (including phenoxy) is 1. The summed E-state index contributed by atoms with van der Waals surface area (Å²) in [5, 5.41) is 3.41. The third-order valence-corrected chi connectivity index (χ3v) is 4.60. The molecule has 3 unspecified atom stereocenters. The standard InChI is InChI=1S/C15H26N2O2/c1-10(2)16-12-4-3-8-17(15(12)18)13-7-9-19-14(13)11-5-6-11/h10-14,16H,3-9H2,1-2H3. The Morgan fingerprint density at radius 3 is 2.74 bits per heavy atom. The normalized spacial score (nSPS) is 36.3. The fraction of sp³-hybridized carbons (Fsp3) is 0.933. The van der Waals surface area contributed by atoms with E-state index in [4.69, 9.17) is 4.74 Å². The van der Waals surface area contributed by atoms with Crippen molar-refractivity contribution in [2.75, 3.05) is 13.2 Å². The topological polar surface area (TPSA) is 41.6 Å². The fourth-order valence-electron chi connectivity index (χ4n) is 3.59. The maximum atomic E-state index is 12.6. The molecule has 2 aliphatic heterocycles. The van der Waals surface area contributed by atoms with E-state index in [1.807, 2.05) is 0 Å². The van der Waals surface area contributed by atoms with E-state index in [1.54, 1.807) is 0 Å². The van der Waals surface area contributed by atoms with Gasteiger partial charge >= 0.3 is 0 Å². The highest BCUT2D eigenvalue weighted by Crippen LogP contribution is 2.41. The second kappa shape index (κ2) is 5.41. The summed E-state index contributed by atoms with van der Waals surface area (Å²) in [5.41, 5.74) is 0. The van der Waals surface area contributed by atoms with Crippen LogP contribution in [-0.4, -0.2) is 48.2 Å². The SMILES string of the molecule is CC(C)NC1CCCN(C2CCOC2C2CC2)C1=O. The number of rotatable bonds is 4. The number of likely N-dealkylation sites (tertiary alicyclic amines) is 1. The van der Waals surface area contributed by atoms with Gasteiger partial charge in [-0.2, -0.15) is 0 Å². The van der Waals surface area contributed by atoms with Crippen molar-refractivity contribution in [1.82, 2.24) is 10.2 Å². The Morgan fingerprint density at radius 2 is 2.05 bits per heavy atom. The van der Waals surface area contributed by atoms with Crippen LogP contribution >= 0.6 is 0 Å². The number of hydrogen-bond acceptors (Lipinski definition) is 3. The van der Waals surface area contributed by atoms with Crippen LogP contribution in [0, 0.1) is 5.92 Å². The lowest BCUT2D eigenvalue weighted by molar-refractivity contribution is -0.140. The molecule has 0 spiro atoms. The van der Waals surface area contributed by atoms with E-state index in [0.717, 1.165) is 38.3 Å². The molecule has 1 saturated carbocycles. The lowest BCUT2D eigenvalue weighted by atomic mass is 9.97. The summed E-state index contributed by atoms with van der Waals surface area (Å²) >= 11 is 0. The number of amides is 1. The van der Waals surface area contributed by atoms with E-state index in [0.29, 0.717) is 24.1 Å². The summed E-state index contributed by atoms with van der Waals surface area (Å²) in [7, 11) is 0. The van der Waals surface area contributed by atoms with Crippen molar-refractivity contribution < 1.29 is 9.53 Å². The molecule has 19 heavy (non-hydrogen) atoms. The van der Waals surface area contributed by atoms with Gasteiger partial charge in [0, 0.05) is 19.2 Å². The van der Waals surface area contributed by atoms with Gasteiger partial charge in [-0.05, 0) is 38.0 Å². The molecule has 2 heterocycles. The first-order valence-electron chi connectivity index (χ1n) is 7.85. The van der Waals surface area contributed by atoms with Gasteiger partial charge in [0.05, 0.1) is 18.2 Å². The molecule has 108 valence electrons. The molecule has 3 fully saturated rings. The second-order valence-electron chi connectivity index (χ2n) is 6.58. The van der Waals surface area contributed by atoms with Crippen molar-refractivity contribution >= 4 is 5.91 Å². The Bertz CT molecular complexity index is 341. The van der Waals surface area contributed by atoms with Crippen LogP contribution in [0.4, 0.5) is 0 Å². The van der Waals surface area contributed by atoms with Crippen LogP contribution in [0.2, 0.25) is 0 Å². The molecule has 1 N–H and O–H groups in total. The smallest absolute Gasteiger partial charge is 0.240 e. The van der Waals surface area contributed by atoms with Crippen molar-refractivity contribution in [1.29, 1.82) is 0 Å². The van der Waals surface area contributed by atoms with E-state index >= 15 is 0 Å². The number of carbonyl (C=O) groups is 1. The molecule has 0 radical (unpaired) electrons. The largest absolute Gasteiger partial charge is 0.376 e. The average Bonchev–Trinajstić information content (AvgIpc) is 3.10. The Morgan fingerprint density at radius 1 is 1.26 bits per heavy atom. The van der Waals surface area contributed by atoms with Crippen LogP contribution in [0.25, 0.3) is 0 Å². The highest BCUT2D eigenvalue weighted by molar-refractivity contribution is 5.83. The zero-order chi connectivity index (χ0) is 13.4. The molecule has 0 aromatic rings. The molecule has 3 atom stereocenters. The molecule has 1 aliphatic carbocycles. The predicted octanol–water partition coefficient (Wildman–Crippen LogP) is 1.54. The minimum Gasteiger partial charge on any atom is -0.376 e. The predicted molar refractivity (Wildman–Crippen MR) is 73.9 cm³/mol. The van der Waals surface area contributed by atoms with Crippen LogP contribution in [0.1, 0.15) is 46.0 Å². The quantitative estimate of drug-likeness (QED) is 0.839. The highest BCUT2D eigenvalue weighted by atomic mass is 16.5. The number of piperidine rings is 1. The minimum atomic E-state index is 0.0224. The third kappa shape index (κ3) is 2.79. The zero-order valence-electron chi connectivity index (χ0n) is 12.1. The van der Waals surface area contributed by atoms with Crippen molar-refractivity contribution in [2.45, 2.75) is 70.2 Å². The number of carbonyl (C=O) groups excluding carboxylic acids is 1. The maximum absolute atomic E-state index is 12.6. The molecule has 0 aromatic heterocycles. The van der Waals surface area contributed by atoms with E-state index in [9.17, 15) is 4.79 Å². The van der Waals surface area contributed by atoms with Gasteiger partial charge in [-0.3, -0.25) is 4.79 Å². The Hall–Kier alpha value is -0.610. The molecule has 1 amide bonds. The maximum Gasteiger partial charge on any atom is 0.240 e. The summed E-state index contributed by atoms with van der Waals surface area (Å²) in [5.74, 6) is 1.03. The first-order valence-corrected chi connectivity index (χ1v) is 7.85. The summed E-state index contributed by atoms with van der Waals surface area (Å²) in [6.07, 6.45) is 6.02. The summed E-state index contributed by atoms with van der Waals surface area (Å²) < 4.78 is 5.89. The van der Waals surface area contributed by atoms with Gasteiger partial charge in [0.1, 0.15) is 0 Å². The molecule has 4 nitrogen and oxygen atoms in total. The molecular formula is C15H26N2O2. The van der Waals surface area contributed by atoms with Crippen LogP contribution in [0.15, 0.2) is 0 Å². The molecular weight excluding hydrogens is 240 g/mol. The van der Waals surface area contributed by atoms with Crippen molar-refractivity contribution in [2.24, 2.45) is 5.92 Å². The van der Waals surface area contributed by atoms with E-state index in [1.165, 1.54) is 12.8 Å². The van der Waals surface area contributed by atoms with Gasteiger partial charge in [0.2, 0.25) is 5.91 Å². The highest BCUT2D eigenvalue weighted by Gasteiger charge is 2.45. The summed E-state index contributed by atoms with van der Waals surface area (Å²) in [6.45, 7) is 5.97. The second-order valence-corrected chi connectivity index (χ2v) is 6.58. The lowest BCUT2D eigenvalue weighted by Crippen LogP contribution is -2.57. The molecule has 2 saturated heterocycles. The Balaban J connectivity index is 1.67. The third-order valence-electron chi connectivity index (χ3n) is 4.60. The summed E-state index contributed by atoms with van der Waals surface area (Å²) in [6, 6.07) is 0.735. The van der Waals surface area contributed by atoms with Gasteiger partial charge < -0.3 is 15.0 Å². The minimum absolute atomic E-state index is 0.0224. The van der Waals surface area contributed by atoms with Gasteiger partial charge in [-0.15, -0.1) is 0 Å². The van der Waals surface area contributed by atoms with Gasteiger partial charge in [-0.1, -0.05) is 13.8 Å². The Kier molecular flexibility index (Phi) is 3.81. The van der Waals surface area contributed by atoms with Crippen molar-refractivity contribution in [3.63, 3.8) is 0 Å². The van der Waals surface area contributed by atoms with E-state index in [2.05, 4.69) is 24.1 Å². The molecule has 3 aliphatic rings. The first-order chi connectivity index (χ1) is 9.16. The Labute approximate surface area is 115 Å². The molecule has 4 heteroatoms. The van der Waals surface area contributed by atoms with Crippen molar-refractivity contribution in [3.05, 3.63) is 0 Å². The van der Waals surface area contributed by atoms with Gasteiger partial charge in [-0.25, -0.2) is 0 Å². The van der Waals surface area contributed by atoms with Crippen LogP contribution in [0.5, 0.6) is 0 Å². The molecule has 0 aromatic carbocycles. The molecule has 0 bridgehead atoms. The number of nitrogens with zero attached hydrogens (tertiary/aromatic N) is 1. The van der Waals surface area contributed by atoms with Crippen LogP contribution in [0.3, 0.4) is 0 Å². The van der Waals surface area contributed by atoms with Crippen molar-refractivity contribution in [3.8, 4) is 0 Å². The van der Waals surface area contributed by atoms with Gasteiger partial charge in [0.25, 0.3) is 0 Å². The number of hydrogen-bond donors (Lipinski definition) is 1. The van der Waals surface area contributed by atoms with E-state index < -0.39 is 0 Å². The van der Waals surface area contributed by atoms with Crippen LogP contribution in [-0.2, 0) is 9.53 Å². The first kappa shape index (κ1) is 13.4. The lowest BCUT2D eigenvalue weighted by Gasteiger charge is -2.39. The zero-order valence-corrected chi connectivity index (χ0v) is 12.1. The molecule has 3 rings (SSSR count). The number of nitrogens with one attached hydrogen (secondary N) is 1. The summed E-state index contributed by atoms with van der Waals surface area (Å²) in [4.78, 5) is 14.8. The van der Waals surface area contributed by atoms with E-state index in [-0.39, 0.29) is 6.04 Å². The average molecular weight is 266 g/mol. The van der Waals surface area contributed by atoms with Gasteiger partial charge in [0.15, 0.2) is 0 Å². The van der Waals surface area contributed by atoms with Crippen LogP contribution < -0.4 is 5.32 Å². The fourth-order valence-corrected chi connectivity index (χ4v) is 3.59. The monoisotopic (exact) mass is 266 g/mol.